The van der Waals surface area contributed by atoms with E-state index in [1.807, 2.05) is 42.5 Å². The van der Waals surface area contributed by atoms with Crippen molar-refractivity contribution in [2.45, 2.75) is 51.4 Å². The minimum Gasteiger partial charge on any atom is -0.370 e. The SMILES string of the molecule is CN1CCC(n2nc(-c3ccccc3Cl)nc2CC(C)(C)OCc2ccccc2)CC1. The second kappa shape index (κ2) is 9.51. The van der Waals surface area contributed by atoms with Crippen molar-refractivity contribution >= 4 is 11.6 Å². The Balaban J connectivity index is 1.59. The molecule has 0 bridgehead atoms. The van der Waals surface area contributed by atoms with Gasteiger partial charge in [-0.15, -0.1) is 0 Å². The first kappa shape index (κ1) is 22.0. The van der Waals surface area contributed by atoms with E-state index in [1.54, 1.807) is 0 Å². The van der Waals surface area contributed by atoms with E-state index in [2.05, 4.69) is 42.6 Å². The molecule has 0 aliphatic carbocycles. The highest BCUT2D eigenvalue weighted by Crippen LogP contribution is 2.30. The Morgan fingerprint density at radius 2 is 1.71 bits per heavy atom. The second-order valence-electron chi connectivity index (χ2n) is 9.02. The average molecular weight is 439 g/mol. The molecule has 2 aromatic carbocycles. The third kappa shape index (κ3) is 5.53. The van der Waals surface area contributed by atoms with E-state index < -0.39 is 0 Å². The van der Waals surface area contributed by atoms with E-state index in [-0.39, 0.29) is 5.60 Å². The van der Waals surface area contributed by atoms with Gasteiger partial charge in [0.05, 0.1) is 23.3 Å². The van der Waals surface area contributed by atoms with Crippen molar-refractivity contribution in [1.29, 1.82) is 0 Å². The van der Waals surface area contributed by atoms with Crippen molar-refractivity contribution in [3.05, 3.63) is 71.0 Å². The highest BCUT2D eigenvalue weighted by molar-refractivity contribution is 6.33. The van der Waals surface area contributed by atoms with Gasteiger partial charge in [0.25, 0.3) is 0 Å². The molecule has 0 spiro atoms. The van der Waals surface area contributed by atoms with Crippen LogP contribution < -0.4 is 0 Å². The van der Waals surface area contributed by atoms with Gasteiger partial charge in [-0.05, 0) is 64.5 Å². The van der Waals surface area contributed by atoms with Crippen LogP contribution in [-0.4, -0.2) is 45.4 Å². The molecule has 0 saturated carbocycles. The summed E-state index contributed by atoms with van der Waals surface area (Å²) in [5.74, 6) is 1.65. The van der Waals surface area contributed by atoms with Crippen LogP contribution in [-0.2, 0) is 17.8 Å². The van der Waals surface area contributed by atoms with Gasteiger partial charge < -0.3 is 9.64 Å². The lowest BCUT2D eigenvalue weighted by Crippen LogP contribution is -2.34. The molecule has 1 aliphatic heterocycles. The number of halogens is 1. The molecule has 1 saturated heterocycles. The molecule has 2 heterocycles. The van der Waals surface area contributed by atoms with Crippen LogP contribution in [0.2, 0.25) is 5.02 Å². The van der Waals surface area contributed by atoms with Gasteiger partial charge in [-0.1, -0.05) is 54.1 Å². The summed E-state index contributed by atoms with van der Waals surface area (Å²) in [5.41, 5.74) is 1.67. The monoisotopic (exact) mass is 438 g/mol. The average Bonchev–Trinajstić information content (AvgIpc) is 3.16. The van der Waals surface area contributed by atoms with E-state index in [9.17, 15) is 0 Å². The molecule has 164 valence electrons. The highest BCUT2D eigenvalue weighted by Gasteiger charge is 2.28. The lowest BCUT2D eigenvalue weighted by atomic mass is 10.0. The smallest absolute Gasteiger partial charge is 0.182 e. The van der Waals surface area contributed by atoms with Gasteiger partial charge in [-0.25, -0.2) is 9.67 Å². The minimum atomic E-state index is -0.371. The van der Waals surface area contributed by atoms with Crippen molar-refractivity contribution in [1.82, 2.24) is 19.7 Å². The van der Waals surface area contributed by atoms with Crippen molar-refractivity contribution in [2.24, 2.45) is 0 Å². The summed E-state index contributed by atoms with van der Waals surface area (Å²) in [6.07, 6.45) is 2.82. The molecule has 0 N–H and O–H groups in total. The maximum atomic E-state index is 6.46. The van der Waals surface area contributed by atoms with E-state index in [0.29, 0.717) is 29.9 Å². The van der Waals surface area contributed by atoms with Gasteiger partial charge in [0.15, 0.2) is 5.82 Å². The first-order valence-electron chi connectivity index (χ1n) is 11.0. The van der Waals surface area contributed by atoms with Crippen molar-refractivity contribution in [2.75, 3.05) is 20.1 Å². The molecule has 31 heavy (non-hydrogen) atoms. The Morgan fingerprint density at radius 3 is 2.42 bits per heavy atom. The molecule has 4 rings (SSSR count). The zero-order chi connectivity index (χ0) is 21.8. The molecular formula is C25H31ClN4O. The quantitative estimate of drug-likeness (QED) is 0.495. The number of aromatic nitrogens is 3. The summed E-state index contributed by atoms with van der Waals surface area (Å²) < 4.78 is 8.44. The zero-order valence-electron chi connectivity index (χ0n) is 18.6. The zero-order valence-corrected chi connectivity index (χ0v) is 19.3. The Labute approximate surface area is 190 Å². The van der Waals surface area contributed by atoms with Gasteiger partial charge in [0, 0.05) is 12.0 Å². The van der Waals surface area contributed by atoms with Crippen molar-refractivity contribution in [3.8, 4) is 11.4 Å². The highest BCUT2D eigenvalue weighted by atomic mass is 35.5. The summed E-state index contributed by atoms with van der Waals surface area (Å²) in [7, 11) is 2.17. The number of hydrogen-bond acceptors (Lipinski definition) is 4. The molecule has 6 heteroatoms. The van der Waals surface area contributed by atoms with E-state index in [4.69, 9.17) is 26.4 Å². The summed E-state index contributed by atoms with van der Waals surface area (Å²) in [6.45, 7) is 6.96. The van der Waals surface area contributed by atoms with E-state index >= 15 is 0 Å². The van der Waals surface area contributed by atoms with E-state index in [1.165, 1.54) is 5.56 Å². The van der Waals surface area contributed by atoms with Crippen LogP contribution in [0.15, 0.2) is 54.6 Å². The fourth-order valence-corrected chi connectivity index (χ4v) is 4.27. The van der Waals surface area contributed by atoms with E-state index in [0.717, 1.165) is 37.3 Å². The molecule has 0 atom stereocenters. The topological polar surface area (TPSA) is 43.2 Å². The first-order valence-corrected chi connectivity index (χ1v) is 11.4. The summed E-state index contributed by atoms with van der Waals surface area (Å²) in [6, 6.07) is 18.4. The largest absolute Gasteiger partial charge is 0.370 e. The van der Waals surface area contributed by atoms with Crippen molar-refractivity contribution < 1.29 is 4.74 Å². The van der Waals surface area contributed by atoms with Crippen LogP contribution in [0.1, 0.15) is 44.1 Å². The predicted octanol–water partition coefficient (Wildman–Crippen LogP) is 5.40. The number of nitrogens with zero attached hydrogens (tertiary/aromatic N) is 4. The molecule has 3 aromatic rings. The molecule has 5 nitrogen and oxygen atoms in total. The first-order chi connectivity index (χ1) is 14.9. The van der Waals surface area contributed by atoms with Crippen LogP contribution in [0.25, 0.3) is 11.4 Å². The van der Waals surface area contributed by atoms with Gasteiger partial charge >= 0.3 is 0 Å². The fraction of sp³-hybridized carbons (Fsp3) is 0.440. The molecule has 0 unspecified atom stereocenters. The maximum Gasteiger partial charge on any atom is 0.182 e. The van der Waals surface area contributed by atoms with Crippen LogP contribution in [0.5, 0.6) is 0 Å². The number of rotatable bonds is 7. The third-order valence-corrected chi connectivity index (χ3v) is 6.24. The number of likely N-dealkylation sites (tertiary alicyclic amines) is 1. The number of piperidine rings is 1. The van der Waals surface area contributed by atoms with Crippen LogP contribution in [0.4, 0.5) is 0 Å². The number of ether oxygens (including phenoxy) is 1. The Hall–Kier alpha value is -2.21. The lowest BCUT2D eigenvalue weighted by molar-refractivity contribution is -0.0309. The molecule has 0 radical (unpaired) electrons. The summed E-state index contributed by atoms with van der Waals surface area (Å²) in [5, 5.41) is 5.61. The predicted molar refractivity (Wildman–Crippen MR) is 125 cm³/mol. The van der Waals surface area contributed by atoms with Crippen LogP contribution >= 0.6 is 11.6 Å². The number of benzene rings is 2. The second-order valence-corrected chi connectivity index (χ2v) is 9.43. The molecule has 1 fully saturated rings. The molecule has 1 aromatic heterocycles. The summed E-state index contributed by atoms with van der Waals surface area (Å²) in [4.78, 5) is 7.32. The van der Waals surface area contributed by atoms with Gasteiger partial charge in [0.2, 0.25) is 0 Å². The van der Waals surface area contributed by atoms with Crippen LogP contribution in [0, 0.1) is 0 Å². The normalized spacial score (nSPS) is 16.0. The Morgan fingerprint density at radius 1 is 1.03 bits per heavy atom. The number of hydrogen-bond donors (Lipinski definition) is 0. The van der Waals surface area contributed by atoms with Crippen molar-refractivity contribution in [3.63, 3.8) is 0 Å². The maximum absolute atomic E-state index is 6.46. The van der Waals surface area contributed by atoms with Gasteiger partial charge in [-0.3, -0.25) is 0 Å². The standard InChI is InChI=1S/C25H31ClN4O/c1-25(2,31-18-19-9-5-4-6-10-19)17-23-27-24(21-11-7-8-12-22(21)26)28-30(23)20-13-15-29(3)16-14-20/h4-12,20H,13-18H2,1-3H3. The molecule has 1 aliphatic rings. The van der Waals surface area contributed by atoms with Gasteiger partial charge in [0.1, 0.15) is 5.82 Å². The Bertz CT molecular complexity index is 994. The summed E-state index contributed by atoms with van der Waals surface area (Å²) >= 11 is 6.46. The molecule has 0 amide bonds. The third-order valence-electron chi connectivity index (χ3n) is 5.91. The molecular weight excluding hydrogens is 408 g/mol. The minimum absolute atomic E-state index is 0.347. The lowest BCUT2D eigenvalue weighted by Gasteiger charge is -2.31. The Kier molecular flexibility index (Phi) is 6.75. The van der Waals surface area contributed by atoms with Crippen LogP contribution in [0.3, 0.4) is 0 Å². The van der Waals surface area contributed by atoms with Gasteiger partial charge in [-0.2, -0.15) is 5.10 Å². The fourth-order valence-electron chi connectivity index (χ4n) is 4.05.